The van der Waals surface area contributed by atoms with E-state index in [0.717, 1.165) is 19.4 Å². The summed E-state index contributed by atoms with van der Waals surface area (Å²) in [6.45, 7) is 4.91. The van der Waals surface area contributed by atoms with E-state index in [1.54, 1.807) is 4.90 Å². The van der Waals surface area contributed by atoms with Gasteiger partial charge in [-0.05, 0) is 25.0 Å². The van der Waals surface area contributed by atoms with Crippen LogP contribution < -0.4 is 5.32 Å². The van der Waals surface area contributed by atoms with E-state index < -0.39 is 0 Å². The molecule has 4 nitrogen and oxygen atoms in total. The molecule has 1 heterocycles. The van der Waals surface area contributed by atoms with Crippen molar-refractivity contribution in [1.29, 1.82) is 0 Å². The summed E-state index contributed by atoms with van der Waals surface area (Å²) in [5.41, 5.74) is 0. The summed E-state index contributed by atoms with van der Waals surface area (Å²) in [7, 11) is 0. The second-order valence-corrected chi connectivity index (χ2v) is 7.35. The largest absolute Gasteiger partial charge is 0.343 e. The van der Waals surface area contributed by atoms with Gasteiger partial charge in [0.15, 0.2) is 0 Å². The number of rotatable bonds is 4. The molecule has 2 aliphatic rings. The Hall–Kier alpha value is -0.710. The number of piperazine rings is 1. The molecule has 0 bridgehead atoms. The molecular formula is C14H24N2O2S. The standard InChI is InChI=1S/C14H24N2O2S/c1-10(2)12-13(18)16(8-11(17)15-12)9-14(19-3)6-4-5-7-14/h10,12H,4-9H2,1-3H3,(H,15,17). The Morgan fingerprint density at radius 3 is 2.53 bits per heavy atom. The topological polar surface area (TPSA) is 49.4 Å². The normalized spacial score (nSPS) is 26.9. The number of nitrogens with zero attached hydrogens (tertiary/aromatic N) is 1. The summed E-state index contributed by atoms with van der Waals surface area (Å²) in [5, 5.41) is 2.81. The minimum atomic E-state index is -0.346. The number of carbonyl (C=O) groups is 2. The average molecular weight is 284 g/mol. The molecule has 0 aromatic heterocycles. The first-order valence-corrected chi connectivity index (χ1v) is 8.33. The minimum Gasteiger partial charge on any atom is -0.343 e. The molecule has 2 amide bonds. The SMILES string of the molecule is CSC1(CN2CC(=O)NC(C(C)C)C2=O)CCCC1. The van der Waals surface area contributed by atoms with E-state index in [1.165, 1.54) is 12.8 Å². The van der Waals surface area contributed by atoms with E-state index in [4.69, 9.17) is 0 Å². The minimum absolute atomic E-state index is 0.0208. The van der Waals surface area contributed by atoms with E-state index in [2.05, 4.69) is 11.6 Å². The van der Waals surface area contributed by atoms with Crippen molar-refractivity contribution in [2.75, 3.05) is 19.3 Å². The van der Waals surface area contributed by atoms with Gasteiger partial charge in [-0.1, -0.05) is 26.7 Å². The molecule has 2 fully saturated rings. The molecule has 1 atom stereocenters. The van der Waals surface area contributed by atoms with Crippen molar-refractivity contribution < 1.29 is 9.59 Å². The fraction of sp³-hybridized carbons (Fsp3) is 0.857. The Labute approximate surface area is 119 Å². The van der Waals surface area contributed by atoms with Gasteiger partial charge in [-0.3, -0.25) is 9.59 Å². The van der Waals surface area contributed by atoms with Crippen LogP contribution in [0.25, 0.3) is 0 Å². The zero-order valence-electron chi connectivity index (χ0n) is 12.1. The van der Waals surface area contributed by atoms with Gasteiger partial charge in [-0.2, -0.15) is 11.8 Å². The summed E-state index contributed by atoms with van der Waals surface area (Å²) in [5.74, 6) is 0.218. The first-order valence-electron chi connectivity index (χ1n) is 7.11. The van der Waals surface area contributed by atoms with Crippen LogP contribution in [-0.4, -0.2) is 46.8 Å². The summed E-state index contributed by atoms with van der Waals surface area (Å²) in [6, 6.07) is -0.346. The lowest BCUT2D eigenvalue weighted by atomic mass is 9.99. The smallest absolute Gasteiger partial charge is 0.245 e. The Kier molecular flexibility index (Phi) is 4.43. The lowest BCUT2D eigenvalue weighted by Gasteiger charge is -2.39. The van der Waals surface area contributed by atoms with Crippen LogP contribution >= 0.6 is 11.8 Å². The Balaban J connectivity index is 2.09. The van der Waals surface area contributed by atoms with Crippen molar-refractivity contribution in [3.63, 3.8) is 0 Å². The van der Waals surface area contributed by atoms with E-state index in [0.29, 0.717) is 0 Å². The quantitative estimate of drug-likeness (QED) is 0.854. The van der Waals surface area contributed by atoms with E-state index in [1.807, 2.05) is 25.6 Å². The molecule has 19 heavy (non-hydrogen) atoms. The van der Waals surface area contributed by atoms with Crippen LogP contribution in [0, 0.1) is 5.92 Å². The molecule has 1 aliphatic carbocycles. The van der Waals surface area contributed by atoms with E-state index in [9.17, 15) is 9.59 Å². The summed E-state index contributed by atoms with van der Waals surface area (Å²) in [6.07, 6.45) is 6.92. The maximum Gasteiger partial charge on any atom is 0.245 e. The molecule has 0 radical (unpaired) electrons. The molecule has 1 saturated heterocycles. The first kappa shape index (κ1) is 14.7. The monoisotopic (exact) mass is 284 g/mol. The third-order valence-corrected chi connectivity index (χ3v) is 5.73. The van der Waals surface area contributed by atoms with Gasteiger partial charge in [0.2, 0.25) is 11.8 Å². The van der Waals surface area contributed by atoms with Crippen molar-refractivity contribution in [2.45, 2.75) is 50.3 Å². The highest BCUT2D eigenvalue weighted by Crippen LogP contribution is 2.41. The van der Waals surface area contributed by atoms with Gasteiger partial charge in [0.25, 0.3) is 0 Å². The number of amides is 2. The van der Waals surface area contributed by atoms with Gasteiger partial charge in [-0.25, -0.2) is 0 Å². The third-order valence-electron chi connectivity index (χ3n) is 4.32. The summed E-state index contributed by atoms with van der Waals surface area (Å²) in [4.78, 5) is 26.0. The van der Waals surface area contributed by atoms with Crippen molar-refractivity contribution in [3.05, 3.63) is 0 Å². The van der Waals surface area contributed by atoms with Crippen molar-refractivity contribution in [1.82, 2.24) is 10.2 Å². The Morgan fingerprint density at radius 1 is 1.37 bits per heavy atom. The molecule has 0 aromatic carbocycles. The zero-order chi connectivity index (χ0) is 14.0. The van der Waals surface area contributed by atoms with Gasteiger partial charge in [0, 0.05) is 11.3 Å². The van der Waals surface area contributed by atoms with Gasteiger partial charge in [-0.15, -0.1) is 0 Å². The maximum absolute atomic E-state index is 12.5. The predicted molar refractivity (Wildman–Crippen MR) is 78.1 cm³/mol. The molecule has 0 spiro atoms. The van der Waals surface area contributed by atoms with Crippen LogP contribution in [0.2, 0.25) is 0 Å². The molecule has 1 unspecified atom stereocenters. The van der Waals surface area contributed by atoms with Gasteiger partial charge < -0.3 is 10.2 Å². The summed E-state index contributed by atoms with van der Waals surface area (Å²) < 4.78 is 0.175. The van der Waals surface area contributed by atoms with Gasteiger partial charge in [0.05, 0.1) is 6.54 Å². The van der Waals surface area contributed by atoms with Crippen LogP contribution in [0.4, 0.5) is 0 Å². The van der Waals surface area contributed by atoms with Gasteiger partial charge >= 0.3 is 0 Å². The van der Waals surface area contributed by atoms with Crippen LogP contribution in [0.15, 0.2) is 0 Å². The second kappa shape index (κ2) is 5.73. The second-order valence-electron chi connectivity index (χ2n) is 6.08. The first-order chi connectivity index (χ1) is 8.97. The highest BCUT2D eigenvalue weighted by Gasteiger charge is 2.41. The predicted octanol–water partition coefficient (Wildman–Crippen LogP) is 1.65. The maximum atomic E-state index is 12.5. The number of hydrogen-bond donors (Lipinski definition) is 1. The molecule has 1 N–H and O–H groups in total. The number of hydrogen-bond acceptors (Lipinski definition) is 3. The lowest BCUT2D eigenvalue weighted by molar-refractivity contribution is -0.145. The van der Waals surface area contributed by atoms with E-state index >= 15 is 0 Å². The Morgan fingerprint density at radius 2 is 2.00 bits per heavy atom. The molecule has 2 rings (SSSR count). The number of carbonyl (C=O) groups excluding carboxylic acids is 2. The fourth-order valence-corrected chi connectivity index (χ4v) is 4.09. The highest BCUT2D eigenvalue weighted by molar-refractivity contribution is 8.00. The van der Waals surface area contributed by atoms with Crippen molar-refractivity contribution >= 4 is 23.6 Å². The fourth-order valence-electron chi connectivity index (χ4n) is 3.11. The molecule has 108 valence electrons. The van der Waals surface area contributed by atoms with Crippen molar-refractivity contribution in [3.8, 4) is 0 Å². The van der Waals surface area contributed by atoms with Crippen LogP contribution in [-0.2, 0) is 9.59 Å². The summed E-state index contributed by atoms with van der Waals surface area (Å²) >= 11 is 1.86. The van der Waals surface area contributed by atoms with E-state index in [-0.39, 0.29) is 35.1 Å². The number of thioether (sulfide) groups is 1. The molecule has 1 aliphatic heterocycles. The molecular weight excluding hydrogens is 260 g/mol. The van der Waals surface area contributed by atoms with Crippen LogP contribution in [0.1, 0.15) is 39.5 Å². The molecule has 0 aromatic rings. The zero-order valence-corrected chi connectivity index (χ0v) is 12.9. The highest BCUT2D eigenvalue weighted by atomic mass is 32.2. The molecule has 1 saturated carbocycles. The van der Waals surface area contributed by atoms with Gasteiger partial charge in [0.1, 0.15) is 6.04 Å². The average Bonchev–Trinajstić information content (AvgIpc) is 2.82. The van der Waals surface area contributed by atoms with Crippen LogP contribution in [0.5, 0.6) is 0 Å². The van der Waals surface area contributed by atoms with Crippen molar-refractivity contribution in [2.24, 2.45) is 5.92 Å². The van der Waals surface area contributed by atoms with Crippen LogP contribution in [0.3, 0.4) is 0 Å². The lowest BCUT2D eigenvalue weighted by Crippen LogP contribution is -2.61. The third kappa shape index (κ3) is 3.07. The number of nitrogens with one attached hydrogen (secondary N) is 1. The Bertz CT molecular complexity index is 364. The molecule has 5 heteroatoms.